The molecule has 0 fully saturated rings. The van der Waals surface area contributed by atoms with E-state index in [1.54, 1.807) is 14.2 Å². The second kappa shape index (κ2) is 15.2. The Morgan fingerprint density at radius 1 is 0.806 bits per heavy atom. The third-order valence-corrected chi connectivity index (χ3v) is 6.74. The molecule has 0 saturated heterocycles. The van der Waals surface area contributed by atoms with Gasteiger partial charge in [-0.15, -0.1) is 24.8 Å². The first-order chi connectivity index (χ1) is 16.7. The zero-order valence-corrected chi connectivity index (χ0v) is 23.3. The minimum atomic E-state index is 0. The summed E-state index contributed by atoms with van der Waals surface area (Å²) in [5.41, 5.74) is 2.75. The molecule has 198 valence electrons. The van der Waals surface area contributed by atoms with Gasteiger partial charge >= 0.3 is 0 Å². The van der Waals surface area contributed by atoms with Crippen LogP contribution in [0, 0.1) is 0 Å². The fraction of sp³-hybridized carbons (Fsp3) is 0.448. The molecule has 0 atom stereocenters. The molecular formula is C29H40Cl2N2O3. The van der Waals surface area contributed by atoms with Gasteiger partial charge in [-0.25, -0.2) is 0 Å². The summed E-state index contributed by atoms with van der Waals surface area (Å²) in [5.74, 6) is 2.62. The molecular weight excluding hydrogens is 495 g/mol. The molecule has 36 heavy (non-hydrogen) atoms. The summed E-state index contributed by atoms with van der Waals surface area (Å²) in [7, 11) is 5.64. The summed E-state index contributed by atoms with van der Waals surface area (Å²) in [4.78, 5) is 5.00. The Bertz CT molecular complexity index is 1080. The highest BCUT2D eigenvalue weighted by atomic mass is 35.5. The Morgan fingerprint density at radius 2 is 1.50 bits per heavy atom. The van der Waals surface area contributed by atoms with E-state index in [1.807, 2.05) is 0 Å². The minimum absolute atomic E-state index is 0. The number of hydrogen-bond acceptors (Lipinski definition) is 5. The highest BCUT2D eigenvalue weighted by molar-refractivity contribution is 5.85. The Labute approximate surface area is 228 Å². The van der Waals surface area contributed by atoms with Crippen LogP contribution < -0.4 is 14.2 Å². The van der Waals surface area contributed by atoms with Crippen LogP contribution in [0.5, 0.6) is 17.2 Å². The number of methoxy groups -OCH3 is 2. The van der Waals surface area contributed by atoms with Crippen molar-refractivity contribution in [2.45, 2.75) is 32.2 Å². The highest BCUT2D eigenvalue weighted by Crippen LogP contribution is 2.33. The van der Waals surface area contributed by atoms with E-state index in [-0.39, 0.29) is 24.8 Å². The Kier molecular flexibility index (Phi) is 12.7. The van der Waals surface area contributed by atoms with Gasteiger partial charge in [0.1, 0.15) is 5.75 Å². The van der Waals surface area contributed by atoms with Crippen molar-refractivity contribution in [2.75, 3.05) is 54.1 Å². The van der Waals surface area contributed by atoms with E-state index in [2.05, 4.69) is 71.4 Å². The molecule has 5 nitrogen and oxygen atoms in total. The van der Waals surface area contributed by atoms with Crippen molar-refractivity contribution in [1.29, 1.82) is 0 Å². The van der Waals surface area contributed by atoms with Gasteiger partial charge in [-0.05, 0) is 98.5 Å². The molecule has 4 rings (SSSR count). The number of halogens is 2. The second-order valence-electron chi connectivity index (χ2n) is 9.22. The second-order valence-corrected chi connectivity index (χ2v) is 9.22. The maximum atomic E-state index is 5.97. The summed E-state index contributed by atoms with van der Waals surface area (Å²) in [6.45, 7) is 6.24. The molecule has 3 aromatic rings. The number of nitrogens with zero attached hydrogens (tertiary/aromatic N) is 2. The van der Waals surface area contributed by atoms with Crippen LogP contribution in [0.4, 0.5) is 0 Å². The number of fused-ring (bicyclic) bond motifs is 2. The van der Waals surface area contributed by atoms with Crippen LogP contribution in [0.2, 0.25) is 0 Å². The van der Waals surface area contributed by atoms with Crippen molar-refractivity contribution in [2.24, 2.45) is 0 Å². The monoisotopic (exact) mass is 534 g/mol. The maximum Gasteiger partial charge on any atom is 0.161 e. The highest BCUT2D eigenvalue weighted by Gasteiger charge is 2.19. The molecule has 1 aliphatic heterocycles. The van der Waals surface area contributed by atoms with E-state index in [4.69, 9.17) is 14.2 Å². The van der Waals surface area contributed by atoms with Gasteiger partial charge in [0, 0.05) is 13.1 Å². The fourth-order valence-corrected chi connectivity index (χ4v) is 4.74. The van der Waals surface area contributed by atoms with Crippen LogP contribution in [-0.4, -0.2) is 63.9 Å². The molecule has 1 aliphatic rings. The summed E-state index contributed by atoms with van der Waals surface area (Å²) >= 11 is 0. The first-order valence-corrected chi connectivity index (χ1v) is 12.4. The van der Waals surface area contributed by atoms with E-state index in [0.717, 1.165) is 75.8 Å². The lowest BCUT2D eigenvalue weighted by molar-refractivity contribution is 0.225. The van der Waals surface area contributed by atoms with Gasteiger partial charge in [0.2, 0.25) is 0 Å². The largest absolute Gasteiger partial charge is 0.494 e. The molecule has 0 amide bonds. The average molecular weight is 536 g/mol. The molecule has 0 radical (unpaired) electrons. The van der Waals surface area contributed by atoms with Gasteiger partial charge in [-0.1, -0.05) is 30.3 Å². The molecule has 3 aromatic carbocycles. The van der Waals surface area contributed by atoms with Crippen molar-refractivity contribution in [1.82, 2.24) is 9.80 Å². The molecule has 0 aromatic heterocycles. The van der Waals surface area contributed by atoms with E-state index in [0.29, 0.717) is 0 Å². The molecule has 0 spiro atoms. The number of ether oxygens (including phenoxy) is 3. The van der Waals surface area contributed by atoms with Crippen molar-refractivity contribution in [3.05, 3.63) is 65.7 Å². The molecule has 0 aliphatic carbocycles. The van der Waals surface area contributed by atoms with Gasteiger partial charge in [0.25, 0.3) is 0 Å². The Hall–Kier alpha value is -2.18. The normalized spacial score (nSPS) is 13.0. The lowest BCUT2D eigenvalue weighted by atomic mass is 9.98. The van der Waals surface area contributed by atoms with E-state index in [1.165, 1.54) is 28.3 Å². The van der Waals surface area contributed by atoms with E-state index < -0.39 is 0 Å². The van der Waals surface area contributed by atoms with Gasteiger partial charge in [0.05, 0.1) is 20.8 Å². The molecule has 0 bridgehead atoms. The lowest BCUT2D eigenvalue weighted by Gasteiger charge is -2.30. The van der Waals surface area contributed by atoms with E-state index in [9.17, 15) is 0 Å². The lowest BCUT2D eigenvalue weighted by Crippen LogP contribution is -2.33. The zero-order valence-electron chi connectivity index (χ0n) is 21.7. The van der Waals surface area contributed by atoms with Crippen molar-refractivity contribution in [3.8, 4) is 17.2 Å². The molecule has 1 heterocycles. The maximum absolute atomic E-state index is 5.97. The topological polar surface area (TPSA) is 34.2 Å². The molecule has 0 unspecified atom stereocenters. The zero-order chi connectivity index (χ0) is 23.8. The number of benzene rings is 3. The minimum Gasteiger partial charge on any atom is -0.494 e. The SMILES string of the molecule is COc1cc2c(cc1OC)CN(CCCN(C)CCCCOc1ccc3ccccc3c1)CC2.Cl.Cl. The predicted molar refractivity (Wildman–Crippen MR) is 154 cm³/mol. The van der Waals surface area contributed by atoms with Crippen molar-refractivity contribution in [3.63, 3.8) is 0 Å². The Balaban J connectivity index is 0.00000228. The van der Waals surface area contributed by atoms with Crippen molar-refractivity contribution < 1.29 is 14.2 Å². The predicted octanol–water partition coefficient (Wildman–Crippen LogP) is 6.24. The first kappa shape index (κ1) is 30.0. The van der Waals surface area contributed by atoms with Crippen molar-refractivity contribution >= 4 is 35.6 Å². The molecule has 7 heteroatoms. The van der Waals surface area contributed by atoms with Crippen LogP contribution in [0.25, 0.3) is 10.8 Å². The fourth-order valence-electron chi connectivity index (χ4n) is 4.74. The summed E-state index contributed by atoms with van der Waals surface area (Å²) in [5, 5.41) is 2.49. The third kappa shape index (κ3) is 8.17. The van der Waals surface area contributed by atoms with Gasteiger partial charge in [0.15, 0.2) is 11.5 Å². The Morgan fingerprint density at radius 3 is 2.25 bits per heavy atom. The number of hydrogen-bond donors (Lipinski definition) is 0. The van der Waals surface area contributed by atoms with Crippen LogP contribution in [0.15, 0.2) is 54.6 Å². The summed E-state index contributed by atoms with van der Waals surface area (Å²) < 4.78 is 16.9. The summed E-state index contributed by atoms with van der Waals surface area (Å²) in [6, 6.07) is 19.0. The average Bonchev–Trinajstić information content (AvgIpc) is 2.87. The molecule has 0 N–H and O–H groups in total. The third-order valence-electron chi connectivity index (χ3n) is 6.74. The summed E-state index contributed by atoms with van der Waals surface area (Å²) in [6.07, 6.45) is 4.49. The van der Waals surface area contributed by atoms with Gasteiger partial charge in [-0.3, -0.25) is 4.90 Å². The van der Waals surface area contributed by atoms with Gasteiger partial charge in [-0.2, -0.15) is 0 Å². The quantitative estimate of drug-likeness (QED) is 0.257. The van der Waals surface area contributed by atoms with Crippen LogP contribution in [-0.2, 0) is 13.0 Å². The number of rotatable bonds is 12. The molecule has 0 saturated carbocycles. The van der Waals surface area contributed by atoms with Crippen LogP contribution >= 0.6 is 24.8 Å². The van der Waals surface area contributed by atoms with Crippen LogP contribution in [0.1, 0.15) is 30.4 Å². The van der Waals surface area contributed by atoms with Gasteiger partial charge < -0.3 is 19.1 Å². The van der Waals surface area contributed by atoms with Crippen LogP contribution in [0.3, 0.4) is 0 Å². The number of unbranched alkanes of at least 4 members (excludes halogenated alkanes) is 1. The standard InChI is InChI=1S/C29H38N2O3.2ClH/c1-30(14-6-7-18-34-27-12-11-23-9-4-5-10-24(23)19-27)15-8-16-31-17-13-25-20-28(32-2)29(33-3)21-26(25)22-31;;/h4-5,9-12,19-21H,6-8,13-18,22H2,1-3H3;2*1H. The van der Waals surface area contributed by atoms with E-state index >= 15 is 0 Å². The first-order valence-electron chi connectivity index (χ1n) is 12.4. The smallest absolute Gasteiger partial charge is 0.161 e.